The van der Waals surface area contributed by atoms with Gasteiger partial charge >= 0.3 is 0 Å². The standard InChI is InChI=1S/C14H24N2/c1-4-6-14(16-5-2)8-7-13-11-15-10-9-12(13)3/h9-11,14,16H,4-8H2,1-3H3. The van der Waals surface area contributed by atoms with Gasteiger partial charge in [-0.15, -0.1) is 0 Å². The minimum Gasteiger partial charge on any atom is -0.314 e. The predicted octanol–water partition coefficient (Wildman–Crippen LogP) is 3.10. The molecule has 1 unspecified atom stereocenters. The monoisotopic (exact) mass is 220 g/mol. The van der Waals surface area contributed by atoms with Crippen LogP contribution in [0.1, 0.15) is 44.2 Å². The zero-order valence-corrected chi connectivity index (χ0v) is 10.8. The topological polar surface area (TPSA) is 24.9 Å². The zero-order chi connectivity index (χ0) is 11.8. The van der Waals surface area contributed by atoms with Gasteiger partial charge in [0.1, 0.15) is 0 Å². The highest BCUT2D eigenvalue weighted by Gasteiger charge is 2.07. The SMILES string of the molecule is CCCC(CCc1cnccc1C)NCC. The second kappa shape index (κ2) is 7.39. The van der Waals surface area contributed by atoms with Crippen molar-refractivity contribution in [2.45, 2.75) is 52.5 Å². The molecule has 0 aliphatic rings. The maximum atomic E-state index is 4.20. The second-order valence-corrected chi connectivity index (χ2v) is 4.38. The van der Waals surface area contributed by atoms with Gasteiger partial charge in [0.05, 0.1) is 0 Å². The van der Waals surface area contributed by atoms with E-state index in [-0.39, 0.29) is 0 Å². The van der Waals surface area contributed by atoms with Crippen molar-refractivity contribution in [2.75, 3.05) is 6.54 Å². The average Bonchev–Trinajstić information content (AvgIpc) is 2.28. The molecule has 0 fully saturated rings. The van der Waals surface area contributed by atoms with Crippen LogP contribution in [0.4, 0.5) is 0 Å². The molecule has 2 nitrogen and oxygen atoms in total. The van der Waals surface area contributed by atoms with E-state index in [4.69, 9.17) is 0 Å². The summed E-state index contributed by atoms with van der Waals surface area (Å²) in [5, 5.41) is 3.55. The van der Waals surface area contributed by atoms with Crippen LogP contribution in [-0.4, -0.2) is 17.6 Å². The molecule has 1 aromatic rings. The lowest BCUT2D eigenvalue weighted by Crippen LogP contribution is -2.29. The first-order valence-corrected chi connectivity index (χ1v) is 6.40. The Morgan fingerprint density at radius 1 is 1.31 bits per heavy atom. The largest absolute Gasteiger partial charge is 0.314 e. The lowest BCUT2D eigenvalue weighted by molar-refractivity contribution is 0.459. The molecule has 0 bridgehead atoms. The summed E-state index contributed by atoms with van der Waals surface area (Å²) in [4.78, 5) is 4.20. The van der Waals surface area contributed by atoms with Gasteiger partial charge in [0.25, 0.3) is 0 Å². The van der Waals surface area contributed by atoms with E-state index in [2.05, 4.69) is 37.1 Å². The molecule has 0 saturated heterocycles. The van der Waals surface area contributed by atoms with Crippen LogP contribution >= 0.6 is 0 Å². The third-order valence-corrected chi connectivity index (χ3v) is 3.04. The Hall–Kier alpha value is -0.890. The van der Waals surface area contributed by atoms with Crippen molar-refractivity contribution in [3.63, 3.8) is 0 Å². The lowest BCUT2D eigenvalue weighted by atomic mass is 10.0. The van der Waals surface area contributed by atoms with Crippen LogP contribution in [0.2, 0.25) is 0 Å². The highest BCUT2D eigenvalue weighted by molar-refractivity contribution is 5.21. The number of nitrogens with zero attached hydrogens (tertiary/aromatic N) is 1. The van der Waals surface area contributed by atoms with Crippen molar-refractivity contribution >= 4 is 0 Å². The maximum Gasteiger partial charge on any atom is 0.0302 e. The van der Waals surface area contributed by atoms with Crippen molar-refractivity contribution < 1.29 is 0 Å². The third-order valence-electron chi connectivity index (χ3n) is 3.04. The third kappa shape index (κ3) is 4.31. The number of aromatic nitrogens is 1. The van der Waals surface area contributed by atoms with E-state index in [1.54, 1.807) is 0 Å². The smallest absolute Gasteiger partial charge is 0.0302 e. The summed E-state index contributed by atoms with van der Waals surface area (Å²) in [6, 6.07) is 2.76. The summed E-state index contributed by atoms with van der Waals surface area (Å²) in [6.45, 7) is 7.66. The molecule has 1 rings (SSSR count). The predicted molar refractivity (Wildman–Crippen MR) is 69.7 cm³/mol. The molecular weight excluding hydrogens is 196 g/mol. The summed E-state index contributed by atoms with van der Waals surface area (Å²) in [5.74, 6) is 0. The molecule has 1 heterocycles. The molecule has 16 heavy (non-hydrogen) atoms. The maximum absolute atomic E-state index is 4.20. The summed E-state index contributed by atoms with van der Waals surface area (Å²) in [5.41, 5.74) is 2.75. The molecule has 90 valence electrons. The minimum absolute atomic E-state index is 0.662. The first-order valence-electron chi connectivity index (χ1n) is 6.40. The van der Waals surface area contributed by atoms with Gasteiger partial charge in [-0.1, -0.05) is 20.3 Å². The normalized spacial score (nSPS) is 12.7. The van der Waals surface area contributed by atoms with Crippen molar-refractivity contribution in [3.05, 3.63) is 29.6 Å². The Morgan fingerprint density at radius 2 is 2.12 bits per heavy atom. The second-order valence-electron chi connectivity index (χ2n) is 4.38. The molecule has 0 radical (unpaired) electrons. The van der Waals surface area contributed by atoms with Crippen LogP contribution < -0.4 is 5.32 Å². The van der Waals surface area contributed by atoms with Gasteiger partial charge in [-0.25, -0.2) is 0 Å². The van der Waals surface area contributed by atoms with Crippen LogP contribution in [0, 0.1) is 6.92 Å². The van der Waals surface area contributed by atoms with Crippen molar-refractivity contribution in [3.8, 4) is 0 Å². The Labute approximate surface area is 99.5 Å². The number of pyridine rings is 1. The Kier molecular flexibility index (Phi) is 6.09. The van der Waals surface area contributed by atoms with Crippen molar-refractivity contribution in [2.24, 2.45) is 0 Å². The number of hydrogen-bond donors (Lipinski definition) is 1. The van der Waals surface area contributed by atoms with Gasteiger partial charge in [-0.2, -0.15) is 0 Å². The Bertz CT molecular complexity index is 291. The van der Waals surface area contributed by atoms with E-state index in [1.165, 1.54) is 30.4 Å². The molecule has 0 aromatic carbocycles. The molecule has 0 amide bonds. The summed E-state index contributed by atoms with van der Waals surface area (Å²) >= 11 is 0. The molecule has 1 N–H and O–H groups in total. The molecule has 0 spiro atoms. The van der Waals surface area contributed by atoms with E-state index < -0.39 is 0 Å². The lowest BCUT2D eigenvalue weighted by Gasteiger charge is -2.17. The number of aryl methyl sites for hydroxylation is 2. The van der Waals surface area contributed by atoms with E-state index in [9.17, 15) is 0 Å². The van der Waals surface area contributed by atoms with E-state index in [1.807, 2.05) is 12.4 Å². The Morgan fingerprint density at radius 3 is 2.75 bits per heavy atom. The molecule has 0 saturated carbocycles. The molecule has 2 heteroatoms. The Balaban J connectivity index is 2.45. The van der Waals surface area contributed by atoms with Gasteiger partial charge in [0, 0.05) is 18.4 Å². The van der Waals surface area contributed by atoms with Gasteiger partial charge in [0.2, 0.25) is 0 Å². The average molecular weight is 220 g/mol. The number of hydrogen-bond acceptors (Lipinski definition) is 2. The van der Waals surface area contributed by atoms with Gasteiger partial charge in [-0.05, 0) is 49.9 Å². The van der Waals surface area contributed by atoms with E-state index in [0.717, 1.165) is 13.0 Å². The van der Waals surface area contributed by atoms with Crippen molar-refractivity contribution in [1.29, 1.82) is 0 Å². The molecular formula is C14H24N2. The highest BCUT2D eigenvalue weighted by Crippen LogP contribution is 2.11. The van der Waals surface area contributed by atoms with Crippen LogP contribution in [0.3, 0.4) is 0 Å². The molecule has 0 aliphatic carbocycles. The van der Waals surface area contributed by atoms with E-state index in [0.29, 0.717) is 6.04 Å². The van der Waals surface area contributed by atoms with Crippen LogP contribution in [0.25, 0.3) is 0 Å². The first-order chi connectivity index (χ1) is 7.77. The van der Waals surface area contributed by atoms with Crippen LogP contribution in [0.5, 0.6) is 0 Å². The highest BCUT2D eigenvalue weighted by atomic mass is 14.9. The summed E-state index contributed by atoms with van der Waals surface area (Å²) < 4.78 is 0. The van der Waals surface area contributed by atoms with Crippen LogP contribution in [0.15, 0.2) is 18.5 Å². The van der Waals surface area contributed by atoms with E-state index >= 15 is 0 Å². The minimum atomic E-state index is 0.662. The number of nitrogens with one attached hydrogen (secondary N) is 1. The molecule has 1 aromatic heterocycles. The quantitative estimate of drug-likeness (QED) is 0.763. The first kappa shape index (κ1) is 13.2. The van der Waals surface area contributed by atoms with Crippen LogP contribution in [-0.2, 0) is 6.42 Å². The molecule has 0 aliphatic heterocycles. The van der Waals surface area contributed by atoms with Gasteiger partial charge in [0.15, 0.2) is 0 Å². The fourth-order valence-corrected chi connectivity index (χ4v) is 2.07. The summed E-state index contributed by atoms with van der Waals surface area (Å²) in [6.07, 6.45) is 8.75. The zero-order valence-electron chi connectivity index (χ0n) is 10.8. The van der Waals surface area contributed by atoms with Gasteiger partial charge in [-0.3, -0.25) is 4.98 Å². The number of rotatable bonds is 7. The molecule has 1 atom stereocenters. The summed E-state index contributed by atoms with van der Waals surface area (Å²) in [7, 11) is 0. The van der Waals surface area contributed by atoms with Gasteiger partial charge < -0.3 is 5.32 Å². The van der Waals surface area contributed by atoms with Crippen molar-refractivity contribution in [1.82, 2.24) is 10.3 Å². The fraction of sp³-hybridized carbons (Fsp3) is 0.643. The fourth-order valence-electron chi connectivity index (χ4n) is 2.07.